The Balaban J connectivity index is 2.30. The van der Waals surface area contributed by atoms with E-state index in [0.29, 0.717) is 6.04 Å². The van der Waals surface area contributed by atoms with E-state index < -0.39 is 0 Å². The van der Waals surface area contributed by atoms with Gasteiger partial charge in [0.2, 0.25) is 0 Å². The zero-order valence-electron chi connectivity index (χ0n) is 9.22. The molecular weight excluding hydrogens is 176 g/mol. The van der Waals surface area contributed by atoms with E-state index in [2.05, 4.69) is 40.7 Å². The van der Waals surface area contributed by atoms with Crippen molar-refractivity contribution in [3.05, 3.63) is 17.5 Å². The van der Waals surface area contributed by atoms with Crippen LogP contribution in [0.4, 0.5) is 0 Å². The van der Waals surface area contributed by atoms with Crippen molar-refractivity contribution in [2.45, 2.75) is 32.9 Å². The van der Waals surface area contributed by atoms with Gasteiger partial charge in [-0.15, -0.1) is 0 Å². The van der Waals surface area contributed by atoms with E-state index >= 15 is 0 Å². The summed E-state index contributed by atoms with van der Waals surface area (Å²) >= 11 is 0. The second-order valence-corrected chi connectivity index (χ2v) is 3.58. The predicted octanol–water partition coefficient (Wildman–Crippen LogP) is 0.670. The number of H-pyrrole nitrogens is 1. The highest BCUT2D eigenvalue weighted by Gasteiger charge is 2.02. The van der Waals surface area contributed by atoms with Crippen LogP contribution in [0.15, 0.2) is 6.07 Å². The molecule has 3 N–H and O–H groups in total. The van der Waals surface area contributed by atoms with E-state index in [4.69, 9.17) is 0 Å². The molecular formula is C10H20N4. The zero-order valence-corrected chi connectivity index (χ0v) is 9.22. The first kappa shape index (κ1) is 11.2. The SMILES string of the molecule is CCc1cc(CNC(C)CNC)[nH]n1. The molecule has 1 aromatic rings. The highest BCUT2D eigenvalue weighted by molar-refractivity contribution is 5.08. The first-order chi connectivity index (χ1) is 6.76. The van der Waals surface area contributed by atoms with Crippen LogP contribution in [0.2, 0.25) is 0 Å². The quantitative estimate of drug-likeness (QED) is 0.627. The van der Waals surface area contributed by atoms with Crippen molar-refractivity contribution in [1.29, 1.82) is 0 Å². The largest absolute Gasteiger partial charge is 0.318 e. The van der Waals surface area contributed by atoms with Gasteiger partial charge in [-0.2, -0.15) is 5.10 Å². The summed E-state index contributed by atoms with van der Waals surface area (Å²) in [5.74, 6) is 0. The summed E-state index contributed by atoms with van der Waals surface area (Å²) < 4.78 is 0. The van der Waals surface area contributed by atoms with Crippen LogP contribution in [0.3, 0.4) is 0 Å². The maximum Gasteiger partial charge on any atom is 0.0622 e. The minimum Gasteiger partial charge on any atom is -0.318 e. The summed E-state index contributed by atoms with van der Waals surface area (Å²) in [5.41, 5.74) is 2.29. The second-order valence-electron chi connectivity index (χ2n) is 3.58. The summed E-state index contributed by atoms with van der Waals surface area (Å²) in [4.78, 5) is 0. The maximum absolute atomic E-state index is 4.18. The molecule has 1 atom stereocenters. The minimum atomic E-state index is 0.480. The van der Waals surface area contributed by atoms with Crippen LogP contribution in [0.1, 0.15) is 25.2 Å². The molecule has 0 spiro atoms. The second kappa shape index (κ2) is 5.78. The minimum absolute atomic E-state index is 0.480. The molecule has 0 aliphatic heterocycles. The highest BCUT2D eigenvalue weighted by Crippen LogP contribution is 1.99. The average molecular weight is 196 g/mol. The molecule has 4 heteroatoms. The number of aryl methyl sites for hydroxylation is 1. The van der Waals surface area contributed by atoms with Crippen molar-refractivity contribution < 1.29 is 0 Å². The third-order valence-electron chi connectivity index (χ3n) is 2.20. The summed E-state index contributed by atoms with van der Waals surface area (Å²) in [6, 6.07) is 2.59. The first-order valence-electron chi connectivity index (χ1n) is 5.17. The Labute approximate surface area is 85.5 Å². The molecule has 0 radical (unpaired) electrons. The maximum atomic E-state index is 4.18. The van der Waals surface area contributed by atoms with Crippen LogP contribution in [0.25, 0.3) is 0 Å². The van der Waals surface area contributed by atoms with Gasteiger partial charge in [-0.3, -0.25) is 5.10 Å². The van der Waals surface area contributed by atoms with Crippen molar-refractivity contribution in [3.63, 3.8) is 0 Å². The number of nitrogens with zero attached hydrogens (tertiary/aromatic N) is 1. The van der Waals surface area contributed by atoms with Gasteiger partial charge < -0.3 is 10.6 Å². The van der Waals surface area contributed by atoms with Crippen LogP contribution in [0.5, 0.6) is 0 Å². The first-order valence-corrected chi connectivity index (χ1v) is 5.17. The Bertz CT molecular complexity index is 256. The van der Waals surface area contributed by atoms with Crippen molar-refractivity contribution in [1.82, 2.24) is 20.8 Å². The van der Waals surface area contributed by atoms with Crippen LogP contribution in [-0.4, -0.2) is 29.8 Å². The lowest BCUT2D eigenvalue weighted by Gasteiger charge is -2.11. The fourth-order valence-corrected chi connectivity index (χ4v) is 1.34. The lowest BCUT2D eigenvalue weighted by Crippen LogP contribution is -2.34. The number of aromatic nitrogens is 2. The molecule has 80 valence electrons. The molecule has 1 aromatic heterocycles. The Morgan fingerprint density at radius 2 is 2.36 bits per heavy atom. The highest BCUT2D eigenvalue weighted by atomic mass is 15.1. The van der Waals surface area contributed by atoms with Crippen LogP contribution in [-0.2, 0) is 13.0 Å². The normalized spacial score (nSPS) is 13.1. The molecule has 1 unspecified atom stereocenters. The number of likely N-dealkylation sites (N-methyl/N-ethyl adjacent to an activating group) is 1. The van der Waals surface area contributed by atoms with E-state index in [0.717, 1.165) is 30.9 Å². The van der Waals surface area contributed by atoms with Crippen molar-refractivity contribution in [3.8, 4) is 0 Å². The molecule has 0 aromatic carbocycles. The number of nitrogens with one attached hydrogen (secondary N) is 3. The Morgan fingerprint density at radius 3 is 2.93 bits per heavy atom. The van der Waals surface area contributed by atoms with Gasteiger partial charge >= 0.3 is 0 Å². The van der Waals surface area contributed by atoms with Gasteiger partial charge in [0.1, 0.15) is 0 Å². The molecule has 0 saturated carbocycles. The van der Waals surface area contributed by atoms with E-state index in [1.165, 1.54) is 0 Å². The predicted molar refractivity (Wildman–Crippen MR) is 58.2 cm³/mol. The van der Waals surface area contributed by atoms with Crippen molar-refractivity contribution >= 4 is 0 Å². The monoisotopic (exact) mass is 196 g/mol. The molecule has 0 fully saturated rings. The fraction of sp³-hybridized carbons (Fsp3) is 0.700. The number of rotatable bonds is 6. The third kappa shape index (κ3) is 3.47. The molecule has 14 heavy (non-hydrogen) atoms. The van der Waals surface area contributed by atoms with Crippen molar-refractivity contribution in [2.75, 3.05) is 13.6 Å². The standard InChI is InChI=1S/C10H20N4/c1-4-9-5-10(14-13-9)7-12-8(2)6-11-3/h5,8,11-12H,4,6-7H2,1-3H3,(H,13,14). The Kier molecular flexibility index (Phi) is 4.62. The van der Waals surface area contributed by atoms with Crippen molar-refractivity contribution in [2.24, 2.45) is 0 Å². The summed E-state index contributed by atoms with van der Waals surface area (Å²) in [6.45, 7) is 6.11. The van der Waals surface area contributed by atoms with E-state index in [1.54, 1.807) is 0 Å². The average Bonchev–Trinajstić information content (AvgIpc) is 2.63. The molecule has 0 aliphatic rings. The molecule has 4 nitrogen and oxygen atoms in total. The smallest absolute Gasteiger partial charge is 0.0622 e. The van der Waals surface area contributed by atoms with Gasteiger partial charge in [0, 0.05) is 24.8 Å². The number of hydrogen-bond acceptors (Lipinski definition) is 3. The van der Waals surface area contributed by atoms with Gasteiger partial charge in [-0.05, 0) is 26.5 Å². The van der Waals surface area contributed by atoms with Gasteiger partial charge in [-0.25, -0.2) is 0 Å². The molecule has 1 heterocycles. The zero-order chi connectivity index (χ0) is 10.4. The van der Waals surface area contributed by atoms with E-state index in [1.807, 2.05) is 7.05 Å². The van der Waals surface area contributed by atoms with Gasteiger partial charge in [0.05, 0.1) is 5.69 Å². The fourth-order valence-electron chi connectivity index (χ4n) is 1.34. The van der Waals surface area contributed by atoms with E-state index in [-0.39, 0.29) is 0 Å². The molecule has 0 bridgehead atoms. The van der Waals surface area contributed by atoms with E-state index in [9.17, 15) is 0 Å². The molecule has 1 rings (SSSR count). The van der Waals surface area contributed by atoms with Gasteiger partial charge in [0.25, 0.3) is 0 Å². The molecule has 0 aliphatic carbocycles. The molecule has 0 saturated heterocycles. The Hall–Kier alpha value is -0.870. The van der Waals surface area contributed by atoms with Gasteiger partial charge in [-0.1, -0.05) is 6.92 Å². The summed E-state index contributed by atoms with van der Waals surface area (Å²) in [5, 5.41) is 13.7. The lowest BCUT2D eigenvalue weighted by molar-refractivity contribution is 0.518. The number of hydrogen-bond donors (Lipinski definition) is 3. The van der Waals surface area contributed by atoms with Crippen LogP contribution < -0.4 is 10.6 Å². The third-order valence-corrected chi connectivity index (χ3v) is 2.20. The lowest BCUT2D eigenvalue weighted by atomic mass is 10.3. The van der Waals surface area contributed by atoms with Gasteiger partial charge in [0.15, 0.2) is 0 Å². The summed E-state index contributed by atoms with van der Waals surface area (Å²) in [6.07, 6.45) is 0.989. The topological polar surface area (TPSA) is 52.7 Å². The summed E-state index contributed by atoms with van der Waals surface area (Å²) in [7, 11) is 1.96. The van der Waals surface area contributed by atoms with Crippen LogP contribution in [0, 0.1) is 0 Å². The number of aromatic amines is 1. The molecule has 0 amide bonds. The van der Waals surface area contributed by atoms with Crippen LogP contribution >= 0.6 is 0 Å². The Morgan fingerprint density at radius 1 is 1.57 bits per heavy atom.